The Hall–Kier alpha value is -4.21. The van der Waals surface area contributed by atoms with Crippen LogP contribution in [0.15, 0.2) is 36.7 Å². The van der Waals surface area contributed by atoms with Crippen LogP contribution in [0.5, 0.6) is 5.88 Å². The van der Waals surface area contributed by atoms with Crippen molar-refractivity contribution in [3.8, 4) is 17.0 Å². The molecule has 0 saturated heterocycles. The third-order valence-electron chi connectivity index (χ3n) is 7.00. The van der Waals surface area contributed by atoms with Gasteiger partial charge in [-0.2, -0.15) is 5.10 Å². The van der Waals surface area contributed by atoms with E-state index in [0.717, 1.165) is 28.8 Å². The number of amides is 1. The van der Waals surface area contributed by atoms with Crippen molar-refractivity contribution in [3.05, 3.63) is 53.7 Å². The van der Waals surface area contributed by atoms with Crippen LogP contribution in [-0.2, 0) is 17.8 Å². The Morgan fingerprint density at radius 1 is 1.08 bits per heavy atom. The zero-order chi connectivity index (χ0) is 25.7. The van der Waals surface area contributed by atoms with Gasteiger partial charge in [0.2, 0.25) is 11.8 Å². The minimum atomic E-state index is -0.338. The molecule has 0 radical (unpaired) electrons. The van der Waals surface area contributed by atoms with E-state index in [0.29, 0.717) is 53.7 Å². The van der Waals surface area contributed by atoms with E-state index in [9.17, 15) is 4.79 Å². The normalized spacial score (nSPS) is 15.2. The maximum Gasteiger partial charge on any atom is 0.244 e. The number of ether oxygens (including phenoxy) is 1. The molecule has 1 aromatic carbocycles. The molecule has 0 spiro atoms. The SMILES string of the molecule is Cc1c(-c2cc3cc(Nc4cc5n(n4)CC(=O)N(C(C)C)CC5)ncc3cc2F)cnc2c1NCCO2. The first-order chi connectivity index (χ1) is 17.9. The van der Waals surface area contributed by atoms with E-state index in [2.05, 4.69) is 25.7 Å². The number of carbonyl (C=O) groups excluding carboxylic acids is 1. The van der Waals surface area contributed by atoms with Gasteiger partial charge in [-0.05, 0) is 49.9 Å². The number of rotatable bonds is 4. The molecule has 1 amide bonds. The number of hydrogen-bond acceptors (Lipinski definition) is 7. The Balaban J connectivity index is 1.30. The maximum atomic E-state index is 15.2. The second-order valence-electron chi connectivity index (χ2n) is 9.74. The Labute approximate surface area is 213 Å². The summed E-state index contributed by atoms with van der Waals surface area (Å²) in [4.78, 5) is 23.3. The van der Waals surface area contributed by atoms with Gasteiger partial charge in [0, 0.05) is 66.2 Å². The van der Waals surface area contributed by atoms with E-state index in [1.165, 1.54) is 6.07 Å². The molecule has 3 aromatic heterocycles. The fourth-order valence-corrected chi connectivity index (χ4v) is 5.04. The van der Waals surface area contributed by atoms with E-state index in [-0.39, 0.29) is 24.3 Å². The summed E-state index contributed by atoms with van der Waals surface area (Å²) in [6, 6.07) is 7.30. The van der Waals surface area contributed by atoms with Crippen LogP contribution in [0.4, 0.5) is 21.7 Å². The molecule has 5 heterocycles. The molecule has 6 rings (SSSR count). The molecule has 2 aliphatic heterocycles. The van der Waals surface area contributed by atoms with Crippen molar-refractivity contribution in [2.75, 3.05) is 30.3 Å². The van der Waals surface area contributed by atoms with Gasteiger partial charge in [0.05, 0.1) is 0 Å². The first-order valence-electron chi connectivity index (χ1n) is 12.5. The van der Waals surface area contributed by atoms with Crippen molar-refractivity contribution in [1.82, 2.24) is 24.6 Å². The Morgan fingerprint density at radius 2 is 1.95 bits per heavy atom. The highest BCUT2D eigenvalue weighted by Gasteiger charge is 2.24. The topological polar surface area (TPSA) is 97.2 Å². The summed E-state index contributed by atoms with van der Waals surface area (Å²) in [5.74, 6) is 1.48. The smallest absolute Gasteiger partial charge is 0.244 e. The lowest BCUT2D eigenvalue weighted by atomic mass is 9.98. The van der Waals surface area contributed by atoms with Crippen molar-refractivity contribution in [1.29, 1.82) is 0 Å². The molecule has 9 nitrogen and oxygen atoms in total. The van der Waals surface area contributed by atoms with Gasteiger partial charge in [-0.15, -0.1) is 0 Å². The predicted molar refractivity (Wildman–Crippen MR) is 140 cm³/mol. The first-order valence-corrected chi connectivity index (χ1v) is 12.5. The summed E-state index contributed by atoms with van der Waals surface area (Å²) in [6.45, 7) is 8.11. The molecule has 0 saturated carbocycles. The van der Waals surface area contributed by atoms with Gasteiger partial charge >= 0.3 is 0 Å². The number of carbonyl (C=O) groups is 1. The van der Waals surface area contributed by atoms with Gasteiger partial charge in [-0.1, -0.05) is 0 Å². The largest absolute Gasteiger partial charge is 0.474 e. The summed E-state index contributed by atoms with van der Waals surface area (Å²) in [5, 5.41) is 12.7. The van der Waals surface area contributed by atoms with Gasteiger partial charge in [-0.25, -0.2) is 14.4 Å². The van der Waals surface area contributed by atoms with Crippen LogP contribution < -0.4 is 15.4 Å². The Kier molecular flexibility index (Phi) is 5.66. The fourth-order valence-electron chi connectivity index (χ4n) is 5.04. The van der Waals surface area contributed by atoms with E-state index in [4.69, 9.17) is 4.74 Å². The fraction of sp³-hybridized carbons (Fsp3) is 0.333. The van der Waals surface area contributed by atoms with Crippen molar-refractivity contribution < 1.29 is 13.9 Å². The van der Waals surface area contributed by atoms with Gasteiger partial charge in [0.1, 0.15) is 30.5 Å². The lowest BCUT2D eigenvalue weighted by molar-refractivity contribution is -0.133. The van der Waals surface area contributed by atoms with Crippen LogP contribution in [0.2, 0.25) is 0 Å². The summed E-state index contributed by atoms with van der Waals surface area (Å²) in [5.41, 5.74) is 3.86. The van der Waals surface area contributed by atoms with Crippen LogP contribution in [0, 0.1) is 12.7 Å². The minimum Gasteiger partial charge on any atom is -0.474 e. The van der Waals surface area contributed by atoms with Gasteiger partial charge in [0.25, 0.3) is 0 Å². The second-order valence-corrected chi connectivity index (χ2v) is 9.74. The van der Waals surface area contributed by atoms with Crippen LogP contribution in [-0.4, -0.2) is 56.3 Å². The predicted octanol–water partition coefficient (Wildman–Crippen LogP) is 4.28. The van der Waals surface area contributed by atoms with E-state index >= 15 is 4.39 Å². The Bertz CT molecular complexity index is 1530. The van der Waals surface area contributed by atoms with Crippen molar-refractivity contribution in [2.45, 2.75) is 39.8 Å². The van der Waals surface area contributed by atoms with E-state index < -0.39 is 0 Å². The van der Waals surface area contributed by atoms with Crippen LogP contribution in [0.1, 0.15) is 25.1 Å². The molecule has 0 atom stereocenters. The third kappa shape index (κ3) is 4.22. The number of nitrogens with zero attached hydrogens (tertiary/aromatic N) is 5. The molecule has 2 N–H and O–H groups in total. The highest BCUT2D eigenvalue weighted by molar-refractivity contribution is 5.90. The molecule has 0 bridgehead atoms. The number of halogens is 1. The number of benzene rings is 1. The summed E-state index contributed by atoms with van der Waals surface area (Å²) >= 11 is 0. The minimum absolute atomic E-state index is 0.0653. The summed E-state index contributed by atoms with van der Waals surface area (Å²) in [6.07, 6.45) is 4.04. The number of fused-ring (bicyclic) bond motifs is 3. The zero-order valence-corrected chi connectivity index (χ0v) is 21.0. The van der Waals surface area contributed by atoms with Crippen molar-refractivity contribution >= 4 is 34.0 Å². The molecule has 0 unspecified atom stereocenters. The summed E-state index contributed by atoms with van der Waals surface area (Å²) < 4.78 is 22.5. The van der Waals surface area contributed by atoms with Crippen LogP contribution in [0.25, 0.3) is 21.9 Å². The monoisotopic (exact) mass is 501 g/mol. The third-order valence-corrected chi connectivity index (χ3v) is 7.00. The molecule has 2 aliphatic rings. The lowest BCUT2D eigenvalue weighted by Gasteiger charge is -2.24. The molecule has 0 aliphatic carbocycles. The van der Waals surface area contributed by atoms with Crippen molar-refractivity contribution in [2.24, 2.45) is 0 Å². The highest BCUT2D eigenvalue weighted by Crippen LogP contribution is 2.37. The Morgan fingerprint density at radius 3 is 2.78 bits per heavy atom. The maximum absolute atomic E-state index is 15.2. The highest BCUT2D eigenvalue weighted by atomic mass is 19.1. The van der Waals surface area contributed by atoms with Crippen LogP contribution in [0.3, 0.4) is 0 Å². The molecule has 190 valence electrons. The van der Waals surface area contributed by atoms with E-state index in [1.807, 2.05) is 43.9 Å². The quantitative estimate of drug-likeness (QED) is 0.431. The molecule has 0 fully saturated rings. The van der Waals surface area contributed by atoms with Crippen molar-refractivity contribution in [3.63, 3.8) is 0 Å². The lowest BCUT2D eigenvalue weighted by Crippen LogP contribution is -2.38. The summed E-state index contributed by atoms with van der Waals surface area (Å²) in [7, 11) is 0. The number of anilines is 3. The molecule has 37 heavy (non-hydrogen) atoms. The molecule has 10 heteroatoms. The molecule has 4 aromatic rings. The zero-order valence-electron chi connectivity index (χ0n) is 21.0. The van der Waals surface area contributed by atoms with Gasteiger partial charge in [-0.3, -0.25) is 9.48 Å². The van der Waals surface area contributed by atoms with E-state index in [1.54, 1.807) is 17.1 Å². The average Bonchev–Trinajstić information content (AvgIpc) is 3.17. The average molecular weight is 502 g/mol. The standard InChI is InChI=1S/C27H28FN7O2/c1-15(2)34-6-4-19-11-24(33-35(19)14-25(34)36)32-23-10-17-8-20(22(28)9-18(17)12-30-23)21-13-31-27-26(16(21)3)29-5-7-37-27/h8-13,15,29H,4-7,14H2,1-3H3,(H,30,32,33). The second kappa shape index (κ2) is 9.02. The number of pyridine rings is 2. The molecular formula is C27H28FN7O2. The first kappa shape index (κ1) is 23.2. The number of nitrogens with one attached hydrogen (secondary N) is 2. The van der Waals surface area contributed by atoms with Gasteiger partial charge in [0.15, 0.2) is 5.82 Å². The van der Waals surface area contributed by atoms with Gasteiger partial charge < -0.3 is 20.3 Å². The molecular weight excluding hydrogens is 473 g/mol. The van der Waals surface area contributed by atoms with Crippen LogP contribution >= 0.6 is 0 Å². The number of aromatic nitrogens is 4. The number of hydrogen-bond donors (Lipinski definition) is 2.